The molecule has 0 bridgehead atoms. The molecule has 2 aromatic rings. The fourth-order valence-electron chi connectivity index (χ4n) is 6.81. The van der Waals surface area contributed by atoms with Gasteiger partial charge in [0.15, 0.2) is 0 Å². The third-order valence-corrected chi connectivity index (χ3v) is 11.4. The normalized spacial score (nSPS) is 28.2. The van der Waals surface area contributed by atoms with Crippen LogP contribution < -0.4 is 10.9 Å². The molecule has 1 N–H and O–H groups in total. The highest BCUT2D eigenvalue weighted by molar-refractivity contribution is 8.01. The maximum Gasteiger partial charge on any atom is 0.254 e. The molecule has 2 aromatic heterocycles. The number of pyridine rings is 2. The number of morpholine rings is 1. The number of carbonyl (C=O) groups is 1. The molecule has 8 heteroatoms. The number of nitrogens with one attached hydrogen (secondary N) is 1. The molecule has 1 amide bonds. The fourth-order valence-corrected chi connectivity index (χ4v) is 8.35. The minimum Gasteiger partial charge on any atom is -0.379 e. The van der Waals surface area contributed by atoms with Gasteiger partial charge in [0.25, 0.3) is 5.56 Å². The molecule has 1 saturated carbocycles. The van der Waals surface area contributed by atoms with E-state index in [0.717, 1.165) is 93.5 Å². The molecular formula is C32H48N4O3S. The Morgan fingerprint density at radius 3 is 2.62 bits per heavy atom. The first-order chi connectivity index (χ1) is 19.1. The highest BCUT2D eigenvalue weighted by atomic mass is 32.2. The first kappa shape index (κ1) is 29.6. The molecule has 0 radical (unpaired) electrons. The summed E-state index contributed by atoms with van der Waals surface area (Å²) in [4.78, 5) is 34.4. The van der Waals surface area contributed by atoms with Crippen LogP contribution in [0.15, 0.2) is 23.1 Å². The Balaban J connectivity index is 1.33. The topological polar surface area (TPSA) is 76.5 Å². The molecule has 0 spiro atoms. The van der Waals surface area contributed by atoms with E-state index in [1.807, 2.05) is 35.5 Å². The molecule has 5 rings (SSSR count). The zero-order valence-electron chi connectivity index (χ0n) is 25.1. The van der Waals surface area contributed by atoms with Crippen LogP contribution in [0.5, 0.6) is 0 Å². The molecule has 7 nitrogen and oxygen atoms in total. The van der Waals surface area contributed by atoms with Gasteiger partial charge in [0, 0.05) is 60.3 Å². The molecule has 0 aromatic carbocycles. The van der Waals surface area contributed by atoms with Crippen molar-refractivity contribution in [2.24, 2.45) is 11.3 Å². The summed E-state index contributed by atoms with van der Waals surface area (Å²) in [6, 6.07) is 4.26. The molecule has 220 valence electrons. The number of amides is 1. The van der Waals surface area contributed by atoms with E-state index < -0.39 is 0 Å². The molecule has 5 atom stereocenters. The molecule has 40 heavy (non-hydrogen) atoms. The second kappa shape index (κ2) is 12.5. The summed E-state index contributed by atoms with van der Waals surface area (Å²) < 4.78 is 7.49. The molecule has 5 unspecified atom stereocenters. The number of ether oxygens (including phenoxy) is 1. The van der Waals surface area contributed by atoms with Crippen molar-refractivity contribution in [1.82, 2.24) is 19.8 Å². The molecule has 1 aliphatic carbocycles. The summed E-state index contributed by atoms with van der Waals surface area (Å²) in [7, 11) is 0. The van der Waals surface area contributed by atoms with Crippen LogP contribution in [-0.2, 0) is 16.1 Å². The van der Waals surface area contributed by atoms with Crippen LogP contribution in [0.2, 0.25) is 0 Å². The Kier molecular flexibility index (Phi) is 9.27. The number of hydrogen-bond acceptors (Lipinski definition) is 6. The largest absolute Gasteiger partial charge is 0.379 e. The third kappa shape index (κ3) is 6.76. The van der Waals surface area contributed by atoms with Gasteiger partial charge < -0.3 is 14.6 Å². The number of carbonyl (C=O) groups excluding carboxylic acids is 1. The predicted octanol–water partition coefficient (Wildman–Crippen LogP) is 5.13. The first-order valence-corrected chi connectivity index (χ1v) is 16.3. The van der Waals surface area contributed by atoms with Crippen LogP contribution >= 0.6 is 11.8 Å². The van der Waals surface area contributed by atoms with Crippen LogP contribution in [0.4, 0.5) is 0 Å². The summed E-state index contributed by atoms with van der Waals surface area (Å²) in [6.07, 6.45) is 7.71. The Morgan fingerprint density at radius 1 is 1.12 bits per heavy atom. The van der Waals surface area contributed by atoms with Gasteiger partial charge in [-0.25, -0.2) is 0 Å². The van der Waals surface area contributed by atoms with E-state index in [1.54, 1.807) is 0 Å². The molecule has 3 aliphatic rings. The van der Waals surface area contributed by atoms with Crippen molar-refractivity contribution in [3.63, 3.8) is 0 Å². The second-order valence-corrected chi connectivity index (χ2v) is 14.8. The molecule has 4 heterocycles. The maximum atomic E-state index is 14.1. The lowest BCUT2D eigenvalue weighted by molar-refractivity contribution is -0.121. The maximum absolute atomic E-state index is 14.1. The van der Waals surface area contributed by atoms with Gasteiger partial charge in [-0.3, -0.25) is 19.5 Å². The van der Waals surface area contributed by atoms with Crippen LogP contribution in [0.1, 0.15) is 83.4 Å². The Morgan fingerprint density at radius 2 is 1.90 bits per heavy atom. The summed E-state index contributed by atoms with van der Waals surface area (Å²) in [5.41, 5.74) is 3.13. The number of thioether (sulfide) groups is 1. The minimum atomic E-state index is 0.0423. The summed E-state index contributed by atoms with van der Waals surface area (Å²) in [5.74, 6) is 0.708. The summed E-state index contributed by atoms with van der Waals surface area (Å²) >= 11 is 1.85. The van der Waals surface area contributed by atoms with E-state index >= 15 is 0 Å². The van der Waals surface area contributed by atoms with Gasteiger partial charge in [0.05, 0.1) is 24.0 Å². The zero-order chi connectivity index (χ0) is 28.4. The summed E-state index contributed by atoms with van der Waals surface area (Å²) in [6.45, 7) is 16.2. The lowest BCUT2D eigenvalue weighted by Crippen LogP contribution is -2.44. The van der Waals surface area contributed by atoms with Crippen LogP contribution in [0.3, 0.4) is 0 Å². The predicted molar refractivity (Wildman–Crippen MR) is 164 cm³/mol. The third-order valence-electron chi connectivity index (χ3n) is 9.32. The van der Waals surface area contributed by atoms with E-state index in [9.17, 15) is 9.59 Å². The smallest absolute Gasteiger partial charge is 0.254 e. The monoisotopic (exact) mass is 568 g/mol. The Hall–Kier alpha value is -1.90. The molecule has 2 aliphatic heterocycles. The van der Waals surface area contributed by atoms with E-state index in [0.29, 0.717) is 17.7 Å². The van der Waals surface area contributed by atoms with Gasteiger partial charge in [0.2, 0.25) is 5.91 Å². The molecular weight excluding hydrogens is 520 g/mol. The number of aromatic nitrogens is 2. The number of rotatable bonds is 7. The number of hydrogen-bond donors (Lipinski definition) is 1. The highest BCUT2D eigenvalue weighted by Gasteiger charge is 2.38. The zero-order valence-corrected chi connectivity index (χ0v) is 25.9. The quantitative estimate of drug-likeness (QED) is 0.499. The van der Waals surface area contributed by atoms with Crippen molar-refractivity contribution >= 4 is 28.6 Å². The van der Waals surface area contributed by atoms with E-state index in [1.165, 1.54) is 0 Å². The van der Waals surface area contributed by atoms with Crippen LogP contribution in [-0.4, -0.2) is 69.7 Å². The standard InChI is InChI=1S/C32H48N4O3S/c1-21-7-8-24(34-30(37)28-9-10-29(40-28)32(3,4)5)19-25(21)26-18-23-20-33-22(2)17-27(23)36(31(26)38)12-6-11-35-13-15-39-16-14-35/h17-18,20-21,24-25,28-29H,6-16,19H2,1-5H3,(H,34,37). The van der Waals surface area contributed by atoms with Crippen LogP contribution in [0.25, 0.3) is 10.9 Å². The van der Waals surface area contributed by atoms with Gasteiger partial charge in [-0.2, -0.15) is 0 Å². The van der Waals surface area contributed by atoms with Crippen molar-refractivity contribution < 1.29 is 9.53 Å². The van der Waals surface area contributed by atoms with Gasteiger partial charge >= 0.3 is 0 Å². The average Bonchev–Trinajstić information content (AvgIpc) is 3.43. The van der Waals surface area contributed by atoms with E-state index in [2.05, 4.69) is 49.0 Å². The van der Waals surface area contributed by atoms with Gasteiger partial charge in [-0.05, 0) is 74.8 Å². The van der Waals surface area contributed by atoms with Gasteiger partial charge in [0.1, 0.15) is 0 Å². The van der Waals surface area contributed by atoms with Crippen molar-refractivity contribution in [2.45, 2.75) is 102 Å². The number of fused-ring (bicyclic) bond motifs is 1. The number of nitrogens with zero attached hydrogens (tertiary/aromatic N) is 3. The fraction of sp³-hybridized carbons (Fsp3) is 0.719. The number of aryl methyl sites for hydroxylation is 2. The minimum absolute atomic E-state index is 0.0423. The van der Waals surface area contributed by atoms with Gasteiger partial charge in [-0.1, -0.05) is 27.7 Å². The average molecular weight is 569 g/mol. The molecule has 3 fully saturated rings. The SMILES string of the molecule is Cc1cc2c(cn1)cc(C1CC(NC(=O)C3CCC(C(C)(C)C)S3)CCC1C)c(=O)n2CCCN1CCOCC1. The van der Waals surface area contributed by atoms with Crippen molar-refractivity contribution in [2.75, 3.05) is 32.8 Å². The lowest BCUT2D eigenvalue weighted by Gasteiger charge is -2.35. The lowest BCUT2D eigenvalue weighted by atomic mass is 9.74. The van der Waals surface area contributed by atoms with E-state index in [-0.39, 0.29) is 34.1 Å². The van der Waals surface area contributed by atoms with Crippen molar-refractivity contribution in [3.05, 3.63) is 39.9 Å². The highest BCUT2D eigenvalue weighted by Crippen LogP contribution is 2.44. The Labute approximate surface area is 243 Å². The van der Waals surface area contributed by atoms with Gasteiger partial charge in [-0.15, -0.1) is 11.8 Å². The van der Waals surface area contributed by atoms with Crippen molar-refractivity contribution in [1.29, 1.82) is 0 Å². The Bertz CT molecular complexity index is 1250. The molecule has 2 saturated heterocycles. The van der Waals surface area contributed by atoms with E-state index in [4.69, 9.17) is 4.74 Å². The second-order valence-electron chi connectivity index (χ2n) is 13.4. The van der Waals surface area contributed by atoms with Crippen molar-refractivity contribution in [3.8, 4) is 0 Å². The summed E-state index contributed by atoms with van der Waals surface area (Å²) in [5, 5.41) is 5.00. The van der Waals surface area contributed by atoms with Crippen LogP contribution in [0, 0.1) is 18.3 Å². The first-order valence-electron chi connectivity index (χ1n) is 15.4.